The summed E-state index contributed by atoms with van der Waals surface area (Å²) in [5.74, 6) is -0.590. The van der Waals surface area contributed by atoms with Crippen LogP contribution in [0.1, 0.15) is 21.7 Å². The van der Waals surface area contributed by atoms with Crippen LogP contribution in [0.4, 0.5) is 0 Å². The Morgan fingerprint density at radius 1 is 1.31 bits per heavy atom. The van der Waals surface area contributed by atoms with Gasteiger partial charge in [0, 0.05) is 6.42 Å². The molecule has 0 saturated carbocycles. The molecule has 0 spiro atoms. The minimum absolute atomic E-state index is 0.0630. The van der Waals surface area contributed by atoms with Crippen molar-refractivity contribution in [3.63, 3.8) is 0 Å². The van der Waals surface area contributed by atoms with Crippen LogP contribution in [-0.4, -0.2) is 21.3 Å². The van der Waals surface area contributed by atoms with Crippen LogP contribution in [0, 0.1) is 0 Å². The largest absolute Gasteiger partial charge is 0.508 e. The molecule has 0 amide bonds. The predicted molar refractivity (Wildman–Crippen MR) is 54.4 cm³/mol. The fourth-order valence-corrected chi connectivity index (χ4v) is 1.37. The highest BCUT2D eigenvalue weighted by Gasteiger charge is 2.15. The van der Waals surface area contributed by atoms with Crippen molar-refractivity contribution in [2.75, 3.05) is 0 Å². The molecule has 2 N–H and O–H groups in total. The van der Waals surface area contributed by atoms with Crippen molar-refractivity contribution >= 4 is 5.97 Å². The SMILES string of the molecule is O=C(O)c1cnoc1Cc1ccc(O)cc1. The number of rotatable bonds is 3. The molecular weight excluding hydrogens is 210 g/mol. The number of hydrogen-bond donors (Lipinski definition) is 2. The van der Waals surface area contributed by atoms with E-state index in [0.717, 1.165) is 5.56 Å². The van der Waals surface area contributed by atoms with E-state index >= 15 is 0 Å². The second-order valence-corrected chi connectivity index (χ2v) is 3.31. The molecule has 0 saturated heterocycles. The summed E-state index contributed by atoms with van der Waals surface area (Å²) in [5.41, 5.74) is 0.908. The Balaban J connectivity index is 2.23. The van der Waals surface area contributed by atoms with E-state index in [0.29, 0.717) is 12.2 Å². The topological polar surface area (TPSA) is 83.6 Å². The van der Waals surface area contributed by atoms with Gasteiger partial charge in [-0.1, -0.05) is 17.3 Å². The average molecular weight is 219 g/mol. The minimum atomic E-state index is -1.06. The van der Waals surface area contributed by atoms with Crippen molar-refractivity contribution in [2.45, 2.75) is 6.42 Å². The van der Waals surface area contributed by atoms with E-state index in [1.165, 1.54) is 18.3 Å². The molecule has 82 valence electrons. The maximum Gasteiger partial charge on any atom is 0.340 e. The lowest BCUT2D eigenvalue weighted by atomic mass is 10.1. The number of carboxylic acid groups (broad SMARTS) is 1. The van der Waals surface area contributed by atoms with Gasteiger partial charge < -0.3 is 14.7 Å². The third-order valence-electron chi connectivity index (χ3n) is 2.18. The molecule has 16 heavy (non-hydrogen) atoms. The molecule has 1 aromatic carbocycles. The Bertz CT molecular complexity index is 501. The average Bonchev–Trinajstić information content (AvgIpc) is 2.69. The van der Waals surface area contributed by atoms with Crippen LogP contribution in [0.15, 0.2) is 35.0 Å². The van der Waals surface area contributed by atoms with Crippen molar-refractivity contribution in [3.8, 4) is 5.75 Å². The molecule has 5 nitrogen and oxygen atoms in total. The Kier molecular flexibility index (Phi) is 2.59. The van der Waals surface area contributed by atoms with Crippen molar-refractivity contribution in [1.82, 2.24) is 5.16 Å². The first-order valence-electron chi connectivity index (χ1n) is 4.61. The van der Waals surface area contributed by atoms with Gasteiger partial charge in [0.25, 0.3) is 0 Å². The van der Waals surface area contributed by atoms with Crippen molar-refractivity contribution in [2.24, 2.45) is 0 Å². The van der Waals surface area contributed by atoms with Gasteiger partial charge in [-0.05, 0) is 17.7 Å². The monoisotopic (exact) mass is 219 g/mol. The van der Waals surface area contributed by atoms with E-state index < -0.39 is 5.97 Å². The summed E-state index contributed by atoms with van der Waals surface area (Å²) in [7, 11) is 0. The summed E-state index contributed by atoms with van der Waals surface area (Å²) < 4.78 is 4.87. The first kappa shape index (κ1) is 10.2. The lowest BCUT2D eigenvalue weighted by molar-refractivity contribution is 0.0694. The Morgan fingerprint density at radius 2 is 2.00 bits per heavy atom. The number of phenols is 1. The molecule has 5 heteroatoms. The highest BCUT2D eigenvalue weighted by atomic mass is 16.5. The molecule has 0 unspecified atom stereocenters. The zero-order valence-corrected chi connectivity index (χ0v) is 8.25. The predicted octanol–water partition coefficient (Wildman–Crippen LogP) is 1.67. The van der Waals surface area contributed by atoms with Crippen LogP contribution in [0.5, 0.6) is 5.75 Å². The fraction of sp³-hybridized carbons (Fsp3) is 0.0909. The van der Waals surface area contributed by atoms with E-state index in [1.807, 2.05) is 0 Å². The number of aromatic nitrogens is 1. The van der Waals surface area contributed by atoms with Gasteiger partial charge in [0.05, 0.1) is 6.20 Å². The van der Waals surface area contributed by atoms with E-state index in [9.17, 15) is 4.79 Å². The van der Waals surface area contributed by atoms with Crippen LogP contribution in [-0.2, 0) is 6.42 Å². The van der Waals surface area contributed by atoms with Crippen LogP contribution in [0.3, 0.4) is 0 Å². The summed E-state index contributed by atoms with van der Waals surface area (Å²) in [6.07, 6.45) is 1.51. The summed E-state index contributed by atoms with van der Waals surface area (Å²) in [6.45, 7) is 0. The molecule has 0 aliphatic carbocycles. The van der Waals surface area contributed by atoms with Crippen LogP contribution >= 0.6 is 0 Å². The van der Waals surface area contributed by atoms with Gasteiger partial charge in [0.2, 0.25) is 0 Å². The highest BCUT2D eigenvalue weighted by Crippen LogP contribution is 2.16. The van der Waals surface area contributed by atoms with Crippen molar-refractivity contribution in [3.05, 3.63) is 47.3 Å². The number of aromatic hydroxyl groups is 1. The standard InChI is InChI=1S/C11H9NO4/c13-8-3-1-7(2-4-8)5-10-9(11(14)15)6-12-16-10/h1-4,6,13H,5H2,(H,14,15). The summed E-state index contributed by atoms with van der Waals surface area (Å²) >= 11 is 0. The summed E-state index contributed by atoms with van der Waals surface area (Å²) in [6, 6.07) is 6.46. The second-order valence-electron chi connectivity index (χ2n) is 3.31. The number of phenolic OH excluding ortho intramolecular Hbond substituents is 1. The van der Waals surface area contributed by atoms with Gasteiger partial charge in [-0.25, -0.2) is 4.79 Å². The molecule has 0 atom stereocenters. The van der Waals surface area contributed by atoms with Gasteiger partial charge in [-0.15, -0.1) is 0 Å². The summed E-state index contributed by atoms with van der Waals surface area (Å²) in [5, 5.41) is 21.4. The van der Waals surface area contributed by atoms with Gasteiger partial charge in [0.1, 0.15) is 11.3 Å². The Hall–Kier alpha value is -2.30. The smallest absolute Gasteiger partial charge is 0.340 e. The number of hydrogen-bond acceptors (Lipinski definition) is 4. The molecule has 0 aliphatic heterocycles. The van der Waals surface area contributed by atoms with Crippen LogP contribution in [0.2, 0.25) is 0 Å². The lowest BCUT2D eigenvalue weighted by Crippen LogP contribution is -1.99. The van der Waals surface area contributed by atoms with Crippen molar-refractivity contribution < 1.29 is 19.5 Å². The summed E-state index contributed by atoms with van der Waals surface area (Å²) in [4.78, 5) is 10.8. The molecule has 1 heterocycles. The maximum absolute atomic E-state index is 10.8. The highest BCUT2D eigenvalue weighted by molar-refractivity contribution is 5.88. The molecule has 0 aliphatic rings. The van der Waals surface area contributed by atoms with Gasteiger partial charge in [-0.2, -0.15) is 0 Å². The lowest BCUT2D eigenvalue weighted by Gasteiger charge is -1.99. The number of nitrogens with zero attached hydrogens (tertiary/aromatic N) is 1. The molecule has 0 fully saturated rings. The zero-order chi connectivity index (χ0) is 11.5. The molecular formula is C11H9NO4. The van der Waals surface area contributed by atoms with E-state index in [4.69, 9.17) is 14.7 Å². The minimum Gasteiger partial charge on any atom is -0.508 e. The first-order valence-corrected chi connectivity index (χ1v) is 4.61. The number of aromatic carboxylic acids is 1. The molecule has 0 bridgehead atoms. The number of benzene rings is 1. The van der Waals surface area contributed by atoms with E-state index in [-0.39, 0.29) is 11.3 Å². The molecule has 1 aromatic heterocycles. The number of carboxylic acids is 1. The van der Waals surface area contributed by atoms with E-state index in [1.54, 1.807) is 12.1 Å². The second kappa shape index (κ2) is 4.06. The Labute approximate surface area is 90.9 Å². The quantitative estimate of drug-likeness (QED) is 0.820. The third-order valence-corrected chi connectivity index (χ3v) is 2.18. The number of carbonyl (C=O) groups is 1. The van der Waals surface area contributed by atoms with E-state index in [2.05, 4.69) is 5.16 Å². The molecule has 2 aromatic rings. The molecule has 0 radical (unpaired) electrons. The van der Waals surface area contributed by atoms with Crippen molar-refractivity contribution in [1.29, 1.82) is 0 Å². The molecule has 2 rings (SSSR count). The zero-order valence-electron chi connectivity index (χ0n) is 8.25. The third kappa shape index (κ3) is 2.03. The van der Waals surface area contributed by atoms with Crippen LogP contribution < -0.4 is 0 Å². The first-order chi connectivity index (χ1) is 7.66. The normalized spacial score (nSPS) is 10.2. The van der Waals surface area contributed by atoms with Gasteiger partial charge in [0.15, 0.2) is 5.76 Å². The van der Waals surface area contributed by atoms with Gasteiger partial charge in [-0.3, -0.25) is 0 Å². The Morgan fingerprint density at radius 3 is 2.62 bits per heavy atom. The van der Waals surface area contributed by atoms with Crippen LogP contribution in [0.25, 0.3) is 0 Å². The van der Waals surface area contributed by atoms with Gasteiger partial charge >= 0.3 is 5.97 Å². The fourth-order valence-electron chi connectivity index (χ4n) is 1.37. The maximum atomic E-state index is 10.8.